The molecule has 1 aromatic heterocycles. The van der Waals surface area contributed by atoms with Gasteiger partial charge < -0.3 is 9.47 Å². The zero-order chi connectivity index (χ0) is 14.0. The molecular weight excluding hydrogens is 246 g/mol. The fraction of sp³-hybridized carbons (Fsp3) is 0.692. The van der Waals surface area contributed by atoms with Crippen LogP contribution >= 0.6 is 0 Å². The summed E-state index contributed by atoms with van der Waals surface area (Å²) in [5, 5.41) is 6.83. The molecule has 2 rings (SSSR count). The van der Waals surface area contributed by atoms with Crippen LogP contribution in [0.1, 0.15) is 33.6 Å². The summed E-state index contributed by atoms with van der Waals surface area (Å²) in [5.74, 6) is 1.75. The van der Waals surface area contributed by atoms with E-state index >= 15 is 0 Å². The van der Waals surface area contributed by atoms with Gasteiger partial charge in [-0.1, -0.05) is 0 Å². The fourth-order valence-electron chi connectivity index (χ4n) is 1.52. The Morgan fingerprint density at radius 2 is 2.21 bits per heavy atom. The summed E-state index contributed by atoms with van der Waals surface area (Å²) in [6.45, 7) is 6.16. The van der Waals surface area contributed by atoms with Gasteiger partial charge >= 0.3 is 6.09 Å². The second kappa shape index (κ2) is 5.11. The molecule has 106 valence electrons. The average molecular weight is 267 g/mol. The number of nitrogens with zero attached hydrogens (tertiary/aromatic N) is 2. The highest BCUT2D eigenvalue weighted by molar-refractivity contribution is 5.83. The van der Waals surface area contributed by atoms with Gasteiger partial charge in [-0.25, -0.2) is 9.48 Å². The Morgan fingerprint density at radius 3 is 2.79 bits per heavy atom. The third-order valence-corrected chi connectivity index (χ3v) is 2.65. The molecule has 0 saturated heterocycles. The number of hydrogen-bond acceptors (Lipinski definition) is 4. The van der Waals surface area contributed by atoms with E-state index in [0.29, 0.717) is 24.2 Å². The van der Waals surface area contributed by atoms with Gasteiger partial charge in [0.1, 0.15) is 11.4 Å². The van der Waals surface area contributed by atoms with Crippen LogP contribution < -0.4 is 10.1 Å². The van der Waals surface area contributed by atoms with E-state index in [2.05, 4.69) is 10.4 Å². The number of nitrogens with one attached hydrogen (secondary N) is 1. The molecule has 1 aliphatic rings. The lowest BCUT2D eigenvalue weighted by atomic mass is 10.2. The average Bonchev–Trinajstić information content (AvgIpc) is 3.00. The first-order valence-corrected chi connectivity index (χ1v) is 6.50. The molecule has 1 amide bonds. The van der Waals surface area contributed by atoms with Crippen molar-refractivity contribution < 1.29 is 14.3 Å². The standard InChI is InChI=1S/C13H21N3O3/c1-13(2,3)19-12(17)14-10-7-11(15-16(10)4)18-8-9-5-6-9/h7,9H,5-6,8H2,1-4H3,(H,14,17). The van der Waals surface area contributed by atoms with Gasteiger partial charge in [-0.2, -0.15) is 0 Å². The maximum Gasteiger partial charge on any atom is 0.413 e. The first-order chi connectivity index (χ1) is 8.83. The van der Waals surface area contributed by atoms with Gasteiger partial charge in [-0.3, -0.25) is 5.32 Å². The summed E-state index contributed by atoms with van der Waals surface area (Å²) < 4.78 is 12.3. The summed E-state index contributed by atoms with van der Waals surface area (Å²) >= 11 is 0. The van der Waals surface area contributed by atoms with E-state index in [9.17, 15) is 4.79 Å². The molecular formula is C13H21N3O3. The van der Waals surface area contributed by atoms with Crippen LogP contribution in [-0.4, -0.2) is 28.1 Å². The predicted octanol–water partition coefficient (Wildman–Crippen LogP) is 2.56. The molecule has 19 heavy (non-hydrogen) atoms. The number of aryl methyl sites for hydroxylation is 1. The Morgan fingerprint density at radius 1 is 1.53 bits per heavy atom. The molecule has 0 radical (unpaired) electrons. The van der Waals surface area contributed by atoms with Crippen LogP contribution in [0.25, 0.3) is 0 Å². The summed E-state index contributed by atoms with van der Waals surface area (Å²) in [7, 11) is 1.75. The zero-order valence-corrected chi connectivity index (χ0v) is 11.9. The van der Waals surface area contributed by atoms with Gasteiger partial charge in [0.15, 0.2) is 0 Å². The van der Waals surface area contributed by atoms with Crippen molar-refractivity contribution >= 4 is 11.9 Å². The van der Waals surface area contributed by atoms with Crippen molar-refractivity contribution in [1.29, 1.82) is 0 Å². The number of carbonyl (C=O) groups excluding carboxylic acids is 1. The van der Waals surface area contributed by atoms with Crippen molar-refractivity contribution in [2.75, 3.05) is 11.9 Å². The highest BCUT2D eigenvalue weighted by Gasteiger charge is 2.23. The van der Waals surface area contributed by atoms with E-state index in [0.717, 1.165) is 0 Å². The minimum atomic E-state index is -0.520. The second-order valence-corrected chi connectivity index (χ2v) is 5.87. The highest BCUT2D eigenvalue weighted by Crippen LogP contribution is 2.29. The minimum Gasteiger partial charge on any atom is -0.476 e. The number of amides is 1. The molecule has 0 atom stereocenters. The van der Waals surface area contributed by atoms with Crippen LogP contribution in [0.4, 0.5) is 10.6 Å². The van der Waals surface area contributed by atoms with Gasteiger partial charge in [0.05, 0.1) is 6.61 Å². The summed E-state index contributed by atoms with van der Waals surface area (Å²) in [6, 6.07) is 1.70. The smallest absolute Gasteiger partial charge is 0.413 e. The molecule has 1 saturated carbocycles. The van der Waals surface area contributed by atoms with Crippen molar-refractivity contribution in [2.24, 2.45) is 13.0 Å². The Kier molecular flexibility index (Phi) is 3.68. The molecule has 0 aromatic carbocycles. The van der Waals surface area contributed by atoms with Crippen molar-refractivity contribution in [3.63, 3.8) is 0 Å². The van der Waals surface area contributed by atoms with E-state index in [1.54, 1.807) is 17.8 Å². The monoisotopic (exact) mass is 267 g/mol. The SMILES string of the molecule is Cn1nc(OCC2CC2)cc1NC(=O)OC(C)(C)C. The third kappa shape index (κ3) is 4.46. The zero-order valence-electron chi connectivity index (χ0n) is 11.9. The van der Waals surface area contributed by atoms with Gasteiger partial charge in [0.2, 0.25) is 5.88 Å². The Bertz CT molecular complexity index is 458. The number of ether oxygens (including phenoxy) is 2. The molecule has 1 aliphatic carbocycles. The lowest BCUT2D eigenvalue weighted by molar-refractivity contribution is 0.0634. The molecule has 6 heteroatoms. The molecule has 1 fully saturated rings. The molecule has 0 bridgehead atoms. The number of hydrogen-bond donors (Lipinski definition) is 1. The summed E-state index contributed by atoms with van der Waals surface area (Å²) in [5.41, 5.74) is -0.520. The molecule has 0 spiro atoms. The number of aromatic nitrogens is 2. The highest BCUT2D eigenvalue weighted by atomic mass is 16.6. The summed E-state index contributed by atoms with van der Waals surface area (Å²) in [4.78, 5) is 11.7. The number of anilines is 1. The van der Waals surface area contributed by atoms with E-state index < -0.39 is 11.7 Å². The van der Waals surface area contributed by atoms with Gasteiger partial charge in [-0.15, -0.1) is 5.10 Å². The van der Waals surface area contributed by atoms with Crippen LogP contribution in [0.3, 0.4) is 0 Å². The fourth-order valence-corrected chi connectivity index (χ4v) is 1.52. The summed E-state index contributed by atoms with van der Waals surface area (Å²) in [6.07, 6.45) is 1.97. The van der Waals surface area contributed by atoms with E-state index in [4.69, 9.17) is 9.47 Å². The Labute approximate surface area is 113 Å². The maximum absolute atomic E-state index is 11.7. The lowest BCUT2D eigenvalue weighted by Crippen LogP contribution is -2.27. The van der Waals surface area contributed by atoms with Crippen molar-refractivity contribution in [2.45, 2.75) is 39.2 Å². The topological polar surface area (TPSA) is 65.4 Å². The van der Waals surface area contributed by atoms with Crippen molar-refractivity contribution in [1.82, 2.24) is 9.78 Å². The minimum absolute atomic E-state index is 0.496. The van der Waals surface area contributed by atoms with E-state index in [1.807, 2.05) is 20.8 Å². The van der Waals surface area contributed by atoms with Crippen molar-refractivity contribution in [3.8, 4) is 5.88 Å². The quantitative estimate of drug-likeness (QED) is 0.910. The van der Waals surface area contributed by atoms with Crippen molar-refractivity contribution in [3.05, 3.63) is 6.07 Å². The molecule has 0 unspecified atom stereocenters. The van der Waals surface area contributed by atoms with Crippen LogP contribution in [0.5, 0.6) is 5.88 Å². The molecule has 1 heterocycles. The molecule has 1 aromatic rings. The van der Waals surface area contributed by atoms with Crippen LogP contribution in [0.2, 0.25) is 0 Å². The van der Waals surface area contributed by atoms with Gasteiger partial charge in [0.25, 0.3) is 0 Å². The molecule has 0 aliphatic heterocycles. The normalized spacial score (nSPS) is 15.2. The van der Waals surface area contributed by atoms with Gasteiger partial charge in [0, 0.05) is 13.1 Å². The number of carbonyl (C=O) groups is 1. The Hall–Kier alpha value is -1.72. The van der Waals surface area contributed by atoms with Crippen LogP contribution in [0.15, 0.2) is 6.07 Å². The third-order valence-electron chi connectivity index (χ3n) is 2.65. The van der Waals surface area contributed by atoms with E-state index in [1.165, 1.54) is 12.8 Å². The number of rotatable bonds is 4. The largest absolute Gasteiger partial charge is 0.476 e. The first-order valence-electron chi connectivity index (χ1n) is 6.50. The molecule has 6 nitrogen and oxygen atoms in total. The second-order valence-electron chi connectivity index (χ2n) is 5.87. The lowest BCUT2D eigenvalue weighted by Gasteiger charge is -2.19. The van der Waals surface area contributed by atoms with Crippen LogP contribution in [-0.2, 0) is 11.8 Å². The first kappa shape index (κ1) is 13.7. The maximum atomic E-state index is 11.7. The van der Waals surface area contributed by atoms with Gasteiger partial charge in [-0.05, 0) is 39.5 Å². The van der Waals surface area contributed by atoms with E-state index in [-0.39, 0.29) is 0 Å². The Balaban J connectivity index is 1.90. The molecule has 1 N–H and O–H groups in total. The van der Waals surface area contributed by atoms with Crippen LogP contribution in [0, 0.1) is 5.92 Å². The predicted molar refractivity (Wildman–Crippen MR) is 71.3 cm³/mol.